The number of aromatic nitrogens is 1. The number of pyridine rings is 1. The summed E-state index contributed by atoms with van der Waals surface area (Å²) in [6.45, 7) is 0.879. The molecule has 0 aliphatic carbocycles. The van der Waals surface area contributed by atoms with Crippen LogP contribution in [0.5, 0.6) is 0 Å². The molecule has 0 atom stereocenters. The van der Waals surface area contributed by atoms with Gasteiger partial charge in [0.05, 0.1) is 12.1 Å². The first-order valence-electron chi connectivity index (χ1n) is 5.47. The molecule has 17 heavy (non-hydrogen) atoms. The van der Waals surface area contributed by atoms with Crippen LogP contribution >= 0.6 is 0 Å². The number of ketones is 1. The number of nitrogens with zero attached hydrogens (tertiary/aromatic N) is 1. The highest BCUT2D eigenvalue weighted by Gasteiger charge is 2.09. The molecule has 0 aliphatic rings. The van der Waals surface area contributed by atoms with Gasteiger partial charge in [0.15, 0.2) is 5.78 Å². The smallest absolute Gasteiger partial charge is 0.189 e. The Morgan fingerprint density at radius 3 is 3.00 bits per heavy atom. The zero-order valence-electron chi connectivity index (χ0n) is 9.43. The maximum Gasteiger partial charge on any atom is 0.189 e. The van der Waals surface area contributed by atoms with E-state index in [2.05, 4.69) is 4.98 Å². The minimum absolute atomic E-state index is 0.0444. The highest BCUT2D eigenvalue weighted by molar-refractivity contribution is 6.07. The van der Waals surface area contributed by atoms with Crippen molar-refractivity contribution in [3.63, 3.8) is 0 Å². The van der Waals surface area contributed by atoms with Crippen LogP contribution in [0.15, 0.2) is 36.5 Å². The summed E-state index contributed by atoms with van der Waals surface area (Å²) in [4.78, 5) is 16.1. The van der Waals surface area contributed by atoms with E-state index < -0.39 is 0 Å². The summed E-state index contributed by atoms with van der Waals surface area (Å²) in [5, 5.41) is 0.858. The van der Waals surface area contributed by atoms with E-state index in [1.807, 2.05) is 24.3 Å². The number of fused-ring (bicyclic) bond motifs is 1. The Bertz CT molecular complexity index is 520. The number of hydrogen-bond donors (Lipinski definition) is 1. The van der Waals surface area contributed by atoms with Gasteiger partial charge in [-0.25, -0.2) is 0 Å². The first-order chi connectivity index (χ1) is 8.33. The molecule has 0 saturated carbocycles. The van der Waals surface area contributed by atoms with Crippen LogP contribution < -0.4 is 5.73 Å². The van der Waals surface area contributed by atoms with E-state index >= 15 is 0 Å². The van der Waals surface area contributed by atoms with Crippen LogP contribution in [0.3, 0.4) is 0 Å². The molecule has 2 rings (SSSR count). The quantitative estimate of drug-likeness (QED) is 0.622. The Hall–Kier alpha value is -1.78. The lowest BCUT2D eigenvalue weighted by molar-refractivity contribution is 0.0776. The minimum atomic E-state index is -0.0444. The summed E-state index contributed by atoms with van der Waals surface area (Å²) in [6.07, 6.45) is 1.71. The van der Waals surface area contributed by atoms with E-state index in [9.17, 15) is 4.79 Å². The van der Waals surface area contributed by atoms with E-state index in [1.54, 1.807) is 12.3 Å². The lowest BCUT2D eigenvalue weighted by Crippen LogP contribution is -2.15. The Kier molecular flexibility index (Phi) is 3.80. The first-order valence-corrected chi connectivity index (χ1v) is 5.47. The molecular formula is C13H14N2O2. The predicted molar refractivity (Wildman–Crippen MR) is 65.9 cm³/mol. The number of carbonyl (C=O) groups excluding carboxylic acids is 1. The number of nitrogens with two attached hydrogens (primary N) is 1. The lowest BCUT2D eigenvalue weighted by Gasteiger charge is -2.05. The van der Waals surface area contributed by atoms with Gasteiger partial charge in [0.2, 0.25) is 0 Å². The average molecular weight is 230 g/mol. The standard InChI is InChI=1S/C13H14N2O2/c14-6-8-17-9-13(16)11-3-1-5-12-10(11)4-2-7-15-12/h1-5,7H,6,8-9,14H2. The molecule has 1 aromatic heterocycles. The second kappa shape index (κ2) is 5.52. The van der Waals surface area contributed by atoms with Gasteiger partial charge in [-0.1, -0.05) is 18.2 Å². The van der Waals surface area contributed by atoms with E-state index in [0.29, 0.717) is 18.7 Å². The first kappa shape index (κ1) is 11.7. The van der Waals surface area contributed by atoms with Crippen molar-refractivity contribution in [1.29, 1.82) is 0 Å². The summed E-state index contributed by atoms with van der Waals surface area (Å²) >= 11 is 0. The van der Waals surface area contributed by atoms with E-state index in [1.165, 1.54) is 0 Å². The van der Waals surface area contributed by atoms with Gasteiger partial charge in [-0.2, -0.15) is 0 Å². The second-order valence-corrected chi connectivity index (χ2v) is 3.64. The van der Waals surface area contributed by atoms with Gasteiger partial charge < -0.3 is 10.5 Å². The molecule has 0 fully saturated rings. The molecule has 2 N–H and O–H groups in total. The van der Waals surface area contributed by atoms with Crippen LogP contribution in [-0.4, -0.2) is 30.5 Å². The van der Waals surface area contributed by atoms with Crippen molar-refractivity contribution in [2.45, 2.75) is 0 Å². The third-order valence-corrected chi connectivity index (χ3v) is 2.44. The average Bonchev–Trinajstić information content (AvgIpc) is 2.38. The fourth-order valence-corrected chi connectivity index (χ4v) is 1.67. The molecule has 1 aromatic carbocycles. The molecule has 4 heteroatoms. The highest BCUT2D eigenvalue weighted by atomic mass is 16.5. The lowest BCUT2D eigenvalue weighted by atomic mass is 10.1. The second-order valence-electron chi connectivity index (χ2n) is 3.64. The van der Waals surface area contributed by atoms with Crippen LogP contribution in [0.25, 0.3) is 10.9 Å². The molecule has 1 heterocycles. The van der Waals surface area contributed by atoms with Crippen LogP contribution in [0, 0.1) is 0 Å². The van der Waals surface area contributed by atoms with Gasteiger partial charge in [0.1, 0.15) is 6.61 Å². The van der Waals surface area contributed by atoms with Crippen molar-refractivity contribution in [3.8, 4) is 0 Å². The molecule has 0 amide bonds. The van der Waals surface area contributed by atoms with Gasteiger partial charge in [-0.15, -0.1) is 0 Å². The third-order valence-electron chi connectivity index (χ3n) is 2.44. The molecule has 2 aromatic rings. The zero-order valence-corrected chi connectivity index (χ0v) is 9.43. The van der Waals surface area contributed by atoms with Crippen molar-refractivity contribution in [1.82, 2.24) is 4.98 Å². The van der Waals surface area contributed by atoms with Crippen LogP contribution in [-0.2, 0) is 4.74 Å². The zero-order chi connectivity index (χ0) is 12.1. The number of carbonyl (C=O) groups is 1. The predicted octanol–water partition coefficient (Wildman–Crippen LogP) is 1.39. The maximum absolute atomic E-state index is 11.9. The molecule has 0 bridgehead atoms. The minimum Gasteiger partial charge on any atom is -0.372 e. The topological polar surface area (TPSA) is 65.2 Å². The molecular weight excluding hydrogens is 216 g/mol. The van der Waals surface area contributed by atoms with Crippen molar-refractivity contribution in [3.05, 3.63) is 42.1 Å². The van der Waals surface area contributed by atoms with Gasteiger partial charge >= 0.3 is 0 Å². The van der Waals surface area contributed by atoms with Gasteiger partial charge in [-0.05, 0) is 12.1 Å². The summed E-state index contributed by atoms with van der Waals surface area (Å²) in [7, 11) is 0. The Morgan fingerprint density at radius 1 is 1.29 bits per heavy atom. The maximum atomic E-state index is 11.9. The van der Waals surface area contributed by atoms with E-state index in [-0.39, 0.29) is 12.4 Å². The fourth-order valence-electron chi connectivity index (χ4n) is 1.67. The van der Waals surface area contributed by atoms with Gasteiger partial charge in [0, 0.05) is 23.7 Å². The van der Waals surface area contributed by atoms with E-state index in [0.717, 1.165) is 10.9 Å². The molecule has 0 spiro atoms. The summed E-state index contributed by atoms with van der Waals surface area (Å²) in [5.41, 5.74) is 6.76. The van der Waals surface area contributed by atoms with E-state index in [4.69, 9.17) is 10.5 Å². The Morgan fingerprint density at radius 2 is 2.18 bits per heavy atom. The highest BCUT2D eigenvalue weighted by Crippen LogP contribution is 2.16. The monoisotopic (exact) mass is 230 g/mol. The van der Waals surface area contributed by atoms with Crippen molar-refractivity contribution < 1.29 is 9.53 Å². The number of rotatable bonds is 5. The molecule has 0 radical (unpaired) electrons. The van der Waals surface area contributed by atoms with Crippen LogP contribution in [0.2, 0.25) is 0 Å². The molecule has 88 valence electrons. The SMILES string of the molecule is NCCOCC(=O)c1cccc2ncccc12. The Balaban J connectivity index is 2.26. The summed E-state index contributed by atoms with van der Waals surface area (Å²) in [6, 6.07) is 9.20. The molecule has 0 saturated heterocycles. The number of benzene rings is 1. The molecule has 0 aliphatic heterocycles. The summed E-state index contributed by atoms with van der Waals surface area (Å²) in [5.74, 6) is -0.0444. The van der Waals surface area contributed by atoms with Crippen molar-refractivity contribution in [2.24, 2.45) is 5.73 Å². The van der Waals surface area contributed by atoms with Crippen molar-refractivity contribution in [2.75, 3.05) is 19.8 Å². The molecule has 4 nitrogen and oxygen atoms in total. The fraction of sp³-hybridized carbons (Fsp3) is 0.231. The van der Waals surface area contributed by atoms with Gasteiger partial charge in [0.25, 0.3) is 0 Å². The number of hydrogen-bond acceptors (Lipinski definition) is 4. The molecule has 0 unspecified atom stereocenters. The largest absolute Gasteiger partial charge is 0.372 e. The van der Waals surface area contributed by atoms with Crippen molar-refractivity contribution >= 4 is 16.7 Å². The van der Waals surface area contributed by atoms with Crippen LogP contribution in [0.1, 0.15) is 10.4 Å². The normalized spacial score (nSPS) is 10.6. The third kappa shape index (κ3) is 2.67. The summed E-state index contributed by atoms with van der Waals surface area (Å²) < 4.78 is 5.15. The number of Topliss-reactive ketones (excluding diaryl/α,β-unsaturated/α-hetero) is 1. The van der Waals surface area contributed by atoms with Gasteiger partial charge in [-0.3, -0.25) is 9.78 Å². The Labute approximate surface area is 99.4 Å². The number of ether oxygens (including phenoxy) is 1. The van der Waals surface area contributed by atoms with Crippen LogP contribution in [0.4, 0.5) is 0 Å².